The molecule has 0 atom stereocenters. The first-order valence-electron chi connectivity index (χ1n) is 4.77. The second-order valence-corrected chi connectivity index (χ2v) is 4.14. The zero-order valence-corrected chi connectivity index (χ0v) is 9.01. The molecule has 0 unspecified atom stereocenters. The second-order valence-electron chi connectivity index (χ2n) is 3.23. The van der Waals surface area contributed by atoms with E-state index in [1.807, 2.05) is 29.6 Å². The molecule has 4 heteroatoms. The summed E-state index contributed by atoms with van der Waals surface area (Å²) in [6, 6.07) is 8.00. The van der Waals surface area contributed by atoms with Crippen molar-refractivity contribution in [2.75, 3.05) is 11.9 Å². The summed E-state index contributed by atoms with van der Waals surface area (Å²) >= 11 is 1.63. The lowest BCUT2D eigenvalue weighted by Gasteiger charge is -2.01. The first-order chi connectivity index (χ1) is 7.31. The molecular weight excluding hydrogens is 208 g/mol. The highest BCUT2D eigenvalue weighted by Crippen LogP contribution is 2.29. The van der Waals surface area contributed by atoms with Crippen molar-refractivity contribution in [3.05, 3.63) is 29.6 Å². The number of rotatable bonds is 3. The van der Waals surface area contributed by atoms with E-state index in [-0.39, 0.29) is 5.91 Å². The molecule has 0 aliphatic rings. The van der Waals surface area contributed by atoms with Crippen LogP contribution in [0.2, 0.25) is 0 Å². The Morgan fingerprint density at radius 2 is 2.20 bits per heavy atom. The Labute approximate surface area is 91.9 Å². The summed E-state index contributed by atoms with van der Waals surface area (Å²) in [7, 11) is 0. The molecule has 0 spiro atoms. The third kappa shape index (κ3) is 2.16. The van der Waals surface area contributed by atoms with E-state index in [1.54, 1.807) is 11.3 Å². The minimum Gasteiger partial charge on any atom is -0.330 e. The number of hydrogen-bond donors (Lipinski definition) is 2. The van der Waals surface area contributed by atoms with Gasteiger partial charge < -0.3 is 11.1 Å². The largest absolute Gasteiger partial charge is 0.330 e. The molecule has 2 rings (SSSR count). The summed E-state index contributed by atoms with van der Waals surface area (Å²) in [6.07, 6.45) is 0.365. The average molecular weight is 220 g/mol. The van der Waals surface area contributed by atoms with Crippen molar-refractivity contribution in [2.45, 2.75) is 6.42 Å². The summed E-state index contributed by atoms with van der Waals surface area (Å²) in [5.74, 6) is -0.0268. The number of amides is 1. The van der Waals surface area contributed by atoms with Gasteiger partial charge in [0.15, 0.2) is 0 Å². The van der Waals surface area contributed by atoms with Crippen LogP contribution in [0.5, 0.6) is 0 Å². The number of benzene rings is 1. The van der Waals surface area contributed by atoms with Crippen molar-refractivity contribution in [3.8, 4) is 0 Å². The molecular formula is C11H12N2OS. The van der Waals surface area contributed by atoms with Crippen molar-refractivity contribution in [1.29, 1.82) is 0 Å². The third-order valence-corrected chi connectivity index (χ3v) is 3.09. The van der Waals surface area contributed by atoms with Gasteiger partial charge in [0.1, 0.15) is 0 Å². The maximum Gasteiger partial charge on any atom is 0.225 e. The Kier molecular flexibility index (Phi) is 2.99. The lowest BCUT2D eigenvalue weighted by Crippen LogP contribution is -2.15. The van der Waals surface area contributed by atoms with E-state index in [1.165, 1.54) is 4.70 Å². The normalized spacial score (nSPS) is 10.5. The summed E-state index contributed by atoms with van der Waals surface area (Å²) < 4.78 is 1.18. The minimum absolute atomic E-state index is 0.0268. The number of carbonyl (C=O) groups is 1. The van der Waals surface area contributed by atoms with Crippen LogP contribution in [0.25, 0.3) is 10.1 Å². The molecule has 0 aliphatic carbocycles. The molecule has 2 aromatic rings. The van der Waals surface area contributed by atoms with Crippen LogP contribution < -0.4 is 11.1 Å². The Hall–Kier alpha value is -1.39. The van der Waals surface area contributed by atoms with Crippen LogP contribution >= 0.6 is 11.3 Å². The van der Waals surface area contributed by atoms with Gasteiger partial charge in [-0.2, -0.15) is 0 Å². The average Bonchev–Trinajstić information content (AvgIpc) is 2.62. The molecule has 1 aromatic heterocycles. The number of carbonyl (C=O) groups excluding carboxylic acids is 1. The summed E-state index contributed by atoms with van der Waals surface area (Å²) in [6.45, 7) is 0.383. The van der Waals surface area contributed by atoms with Gasteiger partial charge in [-0.05, 0) is 6.07 Å². The monoisotopic (exact) mass is 220 g/mol. The van der Waals surface area contributed by atoms with Crippen LogP contribution in [0, 0.1) is 0 Å². The predicted molar refractivity (Wildman–Crippen MR) is 64.1 cm³/mol. The smallest absolute Gasteiger partial charge is 0.225 e. The van der Waals surface area contributed by atoms with Crippen molar-refractivity contribution in [1.82, 2.24) is 0 Å². The molecule has 0 fully saturated rings. The lowest BCUT2D eigenvalue weighted by molar-refractivity contribution is -0.116. The topological polar surface area (TPSA) is 55.1 Å². The van der Waals surface area contributed by atoms with Crippen molar-refractivity contribution >= 4 is 33.0 Å². The van der Waals surface area contributed by atoms with Gasteiger partial charge in [0.05, 0.1) is 5.69 Å². The van der Waals surface area contributed by atoms with Gasteiger partial charge in [0.25, 0.3) is 0 Å². The van der Waals surface area contributed by atoms with Gasteiger partial charge in [0, 0.05) is 28.4 Å². The fourth-order valence-electron chi connectivity index (χ4n) is 1.42. The van der Waals surface area contributed by atoms with E-state index in [0.717, 1.165) is 11.1 Å². The summed E-state index contributed by atoms with van der Waals surface area (Å²) in [5, 5.41) is 5.91. The van der Waals surface area contributed by atoms with Gasteiger partial charge in [-0.15, -0.1) is 11.3 Å². The first-order valence-corrected chi connectivity index (χ1v) is 5.65. The van der Waals surface area contributed by atoms with E-state index in [0.29, 0.717) is 13.0 Å². The molecule has 3 N–H and O–H groups in total. The highest BCUT2D eigenvalue weighted by molar-refractivity contribution is 7.17. The summed E-state index contributed by atoms with van der Waals surface area (Å²) in [4.78, 5) is 11.4. The Morgan fingerprint density at radius 3 is 3.00 bits per heavy atom. The Balaban J connectivity index is 2.25. The predicted octanol–water partition coefficient (Wildman–Crippen LogP) is 2.19. The van der Waals surface area contributed by atoms with Gasteiger partial charge in [-0.3, -0.25) is 4.79 Å². The van der Waals surface area contributed by atoms with Crippen molar-refractivity contribution in [2.24, 2.45) is 5.73 Å². The molecule has 1 amide bonds. The molecule has 1 heterocycles. The highest BCUT2D eigenvalue weighted by atomic mass is 32.1. The number of hydrogen-bond acceptors (Lipinski definition) is 3. The SMILES string of the molecule is NCCC(=O)Nc1csc2ccccc12. The third-order valence-electron chi connectivity index (χ3n) is 2.13. The van der Waals surface area contributed by atoms with Crippen LogP contribution in [0.3, 0.4) is 0 Å². The molecule has 0 radical (unpaired) electrons. The molecule has 1 aromatic carbocycles. The fraction of sp³-hybridized carbons (Fsp3) is 0.182. The number of anilines is 1. The van der Waals surface area contributed by atoms with E-state index in [4.69, 9.17) is 5.73 Å². The van der Waals surface area contributed by atoms with Crippen molar-refractivity contribution in [3.63, 3.8) is 0 Å². The van der Waals surface area contributed by atoms with Gasteiger partial charge >= 0.3 is 0 Å². The number of fused-ring (bicyclic) bond motifs is 1. The van der Waals surface area contributed by atoms with Crippen LogP contribution in [0.15, 0.2) is 29.6 Å². The summed E-state index contributed by atoms with van der Waals surface area (Å²) in [5.41, 5.74) is 6.20. The molecule has 0 bridgehead atoms. The maximum atomic E-state index is 11.4. The van der Waals surface area contributed by atoms with Crippen LogP contribution in [0.4, 0.5) is 5.69 Å². The van der Waals surface area contributed by atoms with E-state index >= 15 is 0 Å². The number of thiophene rings is 1. The molecule has 0 saturated heterocycles. The van der Waals surface area contributed by atoms with Crippen LogP contribution in [0.1, 0.15) is 6.42 Å². The molecule has 3 nitrogen and oxygen atoms in total. The van der Waals surface area contributed by atoms with E-state index < -0.39 is 0 Å². The van der Waals surface area contributed by atoms with E-state index in [9.17, 15) is 4.79 Å². The Bertz CT molecular complexity index is 478. The van der Waals surface area contributed by atoms with E-state index in [2.05, 4.69) is 5.32 Å². The quantitative estimate of drug-likeness (QED) is 0.833. The van der Waals surface area contributed by atoms with Crippen LogP contribution in [-0.4, -0.2) is 12.5 Å². The second kappa shape index (κ2) is 4.42. The fourth-order valence-corrected chi connectivity index (χ4v) is 2.31. The maximum absolute atomic E-state index is 11.4. The number of nitrogens with two attached hydrogens (primary N) is 1. The zero-order chi connectivity index (χ0) is 10.7. The molecule has 78 valence electrons. The molecule has 0 aliphatic heterocycles. The minimum atomic E-state index is -0.0268. The van der Waals surface area contributed by atoms with Crippen molar-refractivity contribution < 1.29 is 4.79 Å². The molecule has 0 saturated carbocycles. The first kappa shape index (κ1) is 10.1. The number of nitrogens with one attached hydrogen (secondary N) is 1. The molecule has 15 heavy (non-hydrogen) atoms. The van der Waals surface area contributed by atoms with Gasteiger partial charge in [-0.25, -0.2) is 0 Å². The standard InChI is InChI=1S/C11H12N2OS/c12-6-5-11(14)13-9-7-15-10-4-2-1-3-8(9)10/h1-4,7H,5-6,12H2,(H,13,14). The van der Waals surface area contributed by atoms with Gasteiger partial charge in [-0.1, -0.05) is 18.2 Å². The Morgan fingerprint density at radius 1 is 1.40 bits per heavy atom. The highest BCUT2D eigenvalue weighted by Gasteiger charge is 2.06. The lowest BCUT2D eigenvalue weighted by atomic mass is 10.2. The zero-order valence-electron chi connectivity index (χ0n) is 8.19. The van der Waals surface area contributed by atoms with Crippen LogP contribution in [-0.2, 0) is 4.79 Å². The van der Waals surface area contributed by atoms with Gasteiger partial charge in [0.2, 0.25) is 5.91 Å².